The first-order valence-corrected chi connectivity index (χ1v) is 7.86. The van der Waals surface area contributed by atoms with Crippen molar-refractivity contribution >= 4 is 5.71 Å². The Balaban J connectivity index is 0.00000211. The van der Waals surface area contributed by atoms with Crippen molar-refractivity contribution in [2.75, 3.05) is 0 Å². The minimum atomic E-state index is 0.585. The lowest BCUT2D eigenvalue weighted by Crippen LogP contribution is -2.00. The molecular weight excluding hydrogens is 266 g/mol. The minimum absolute atomic E-state index is 0.585. The van der Waals surface area contributed by atoms with Crippen LogP contribution >= 0.6 is 0 Å². The van der Waals surface area contributed by atoms with Crippen LogP contribution in [0.4, 0.5) is 0 Å². The molecule has 1 rings (SSSR count). The molecule has 1 aromatic rings. The van der Waals surface area contributed by atoms with Gasteiger partial charge in [-0.25, -0.2) is 0 Å². The summed E-state index contributed by atoms with van der Waals surface area (Å²) in [5.41, 5.74) is 5.03. The van der Waals surface area contributed by atoms with Gasteiger partial charge in [-0.3, -0.25) is 0 Å². The molecule has 0 aliphatic heterocycles. The van der Waals surface area contributed by atoms with Crippen molar-refractivity contribution in [2.24, 2.45) is 0 Å². The van der Waals surface area contributed by atoms with Gasteiger partial charge in [0, 0.05) is 0 Å². The van der Waals surface area contributed by atoms with Crippen LogP contribution in [0.25, 0.3) is 0 Å². The van der Waals surface area contributed by atoms with Crippen LogP contribution < -0.4 is 0 Å². The quantitative estimate of drug-likeness (QED) is 0.458. The van der Waals surface area contributed by atoms with Gasteiger partial charge in [-0.15, -0.1) is 0 Å². The van der Waals surface area contributed by atoms with Crippen LogP contribution in [-0.2, 0) is 0 Å². The second kappa shape index (κ2) is 11.5. The third-order valence-electron chi connectivity index (χ3n) is 3.34. The van der Waals surface area contributed by atoms with E-state index in [-0.39, 0.29) is 0 Å². The molecule has 118 valence electrons. The molecule has 0 saturated heterocycles. The van der Waals surface area contributed by atoms with Crippen LogP contribution in [-0.4, -0.2) is 5.71 Å². The number of hydrogen-bond acceptors (Lipinski definition) is 1. The van der Waals surface area contributed by atoms with E-state index < -0.39 is 0 Å². The van der Waals surface area contributed by atoms with Gasteiger partial charge in [0.25, 0.3) is 0 Å². The summed E-state index contributed by atoms with van der Waals surface area (Å²) in [6.07, 6.45) is 8.88. The maximum absolute atomic E-state index is 8.21. The largest absolute Gasteiger partial charge is 0.300 e. The van der Waals surface area contributed by atoms with Crippen molar-refractivity contribution in [1.82, 2.24) is 0 Å². The van der Waals surface area contributed by atoms with E-state index in [1.165, 1.54) is 11.1 Å². The first-order chi connectivity index (χ1) is 10.6. The van der Waals surface area contributed by atoms with Gasteiger partial charge in [0.1, 0.15) is 0 Å². The fourth-order valence-electron chi connectivity index (χ4n) is 1.89. The Bertz CT molecular complexity index is 557. The van der Waals surface area contributed by atoms with Gasteiger partial charge in [-0.2, -0.15) is 0 Å². The van der Waals surface area contributed by atoms with Gasteiger partial charge in [0.15, 0.2) is 0 Å². The predicted octanol–water partition coefficient (Wildman–Crippen LogP) is 6.50. The summed E-state index contributed by atoms with van der Waals surface area (Å²) in [6, 6.07) is 9.83. The first-order valence-electron chi connectivity index (χ1n) is 7.86. The monoisotopic (exact) mass is 295 g/mol. The molecule has 1 heteroatoms. The van der Waals surface area contributed by atoms with Crippen molar-refractivity contribution in [3.8, 4) is 0 Å². The van der Waals surface area contributed by atoms with Crippen LogP contribution in [0.3, 0.4) is 0 Å². The highest BCUT2D eigenvalue weighted by molar-refractivity contribution is 6.10. The zero-order valence-electron chi connectivity index (χ0n) is 14.6. The van der Waals surface area contributed by atoms with E-state index in [1.807, 2.05) is 70.2 Å². The normalized spacial score (nSPS) is 12.3. The van der Waals surface area contributed by atoms with E-state index in [2.05, 4.69) is 25.7 Å². The highest BCUT2D eigenvalue weighted by Gasteiger charge is 2.03. The van der Waals surface area contributed by atoms with Gasteiger partial charge in [0.05, 0.1) is 5.71 Å². The van der Waals surface area contributed by atoms with E-state index >= 15 is 0 Å². The molecule has 0 amide bonds. The molecule has 0 unspecified atom stereocenters. The summed E-state index contributed by atoms with van der Waals surface area (Å²) in [7, 11) is 0. The molecule has 0 saturated carbocycles. The van der Waals surface area contributed by atoms with Crippen molar-refractivity contribution < 1.29 is 0 Å². The summed E-state index contributed by atoms with van der Waals surface area (Å²) in [5, 5.41) is 8.21. The number of hydrogen-bond donors (Lipinski definition) is 1. The van der Waals surface area contributed by atoms with E-state index in [0.717, 1.165) is 17.6 Å². The zero-order valence-corrected chi connectivity index (χ0v) is 14.6. The molecule has 1 aromatic carbocycles. The topological polar surface area (TPSA) is 23.9 Å². The van der Waals surface area contributed by atoms with E-state index in [0.29, 0.717) is 5.71 Å². The van der Waals surface area contributed by atoms with Crippen LogP contribution in [0.15, 0.2) is 77.9 Å². The second-order valence-electron chi connectivity index (χ2n) is 4.73. The Labute approximate surface area is 136 Å². The molecule has 0 radical (unpaired) electrons. The maximum Gasteiger partial charge on any atom is 0.0638 e. The van der Waals surface area contributed by atoms with Crippen molar-refractivity contribution in [1.29, 1.82) is 5.41 Å². The van der Waals surface area contributed by atoms with E-state index in [4.69, 9.17) is 5.41 Å². The summed E-state index contributed by atoms with van der Waals surface area (Å²) in [4.78, 5) is 0. The lowest BCUT2D eigenvalue weighted by Gasteiger charge is -2.07. The highest BCUT2D eigenvalue weighted by atomic mass is 14.4. The van der Waals surface area contributed by atoms with Gasteiger partial charge in [-0.05, 0) is 43.9 Å². The Morgan fingerprint density at radius 1 is 1.09 bits per heavy atom. The van der Waals surface area contributed by atoms with Crippen LogP contribution in [0.1, 0.15) is 46.6 Å². The Morgan fingerprint density at radius 3 is 2.18 bits per heavy atom. The molecule has 0 fully saturated rings. The smallest absolute Gasteiger partial charge is 0.0638 e. The molecule has 0 aliphatic rings. The summed E-state index contributed by atoms with van der Waals surface area (Å²) >= 11 is 0. The number of allylic oxidation sites excluding steroid dienone is 7. The number of benzene rings is 1. The molecule has 0 heterocycles. The fourth-order valence-corrected chi connectivity index (χ4v) is 1.89. The minimum Gasteiger partial charge on any atom is -0.300 e. The molecule has 0 aromatic heterocycles. The van der Waals surface area contributed by atoms with E-state index in [9.17, 15) is 0 Å². The Kier molecular flexibility index (Phi) is 10.4. The molecule has 0 atom stereocenters. The molecule has 1 nitrogen and oxygen atoms in total. The molecule has 0 bridgehead atoms. The Hall–Kier alpha value is -2.15. The maximum atomic E-state index is 8.21. The lowest BCUT2D eigenvalue weighted by atomic mass is 9.98. The standard InChI is InChI=1S/C19H23N.C2H6/c1-5-10-17(15(3)6-2)14-13-16(4)19(20)18-11-8-7-9-12-18;1-2/h5-13,20H,1,14H2,2-4H3;1-2H3/b15-6-,16-13-,17-10-,20-19?;. The molecular formula is C21H29N. The molecule has 0 spiro atoms. The van der Waals surface area contributed by atoms with Crippen molar-refractivity contribution in [3.63, 3.8) is 0 Å². The predicted molar refractivity (Wildman–Crippen MR) is 101 cm³/mol. The van der Waals surface area contributed by atoms with Gasteiger partial charge in [0.2, 0.25) is 0 Å². The van der Waals surface area contributed by atoms with Crippen molar-refractivity contribution in [3.05, 3.63) is 83.5 Å². The summed E-state index contributed by atoms with van der Waals surface area (Å²) in [5.74, 6) is 0. The SMILES string of the molecule is C=C/C=C(C/C=C(/C)C(=N)c1ccccc1)\C(C)=C/C.CC. The van der Waals surface area contributed by atoms with Gasteiger partial charge >= 0.3 is 0 Å². The van der Waals surface area contributed by atoms with Crippen LogP contribution in [0, 0.1) is 5.41 Å². The second-order valence-corrected chi connectivity index (χ2v) is 4.73. The third kappa shape index (κ3) is 6.53. The van der Waals surface area contributed by atoms with E-state index in [1.54, 1.807) is 0 Å². The highest BCUT2D eigenvalue weighted by Crippen LogP contribution is 2.17. The zero-order chi connectivity index (χ0) is 17.0. The first kappa shape index (κ1) is 19.9. The number of rotatable bonds is 6. The van der Waals surface area contributed by atoms with Gasteiger partial charge < -0.3 is 5.41 Å². The van der Waals surface area contributed by atoms with Crippen molar-refractivity contribution in [2.45, 2.75) is 41.0 Å². The average molecular weight is 295 g/mol. The lowest BCUT2D eigenvalue weighted by molar-refractivity contribution is 1.18. The van der Waals surface area contributed by atoms with Crippen LogP contribution in [0.5, 0.6) is 0 Å². The van der Waals surface area contributed by atoms with Gasteiger partial charge in [-0.1, -0.05) is 80.6 Å². The molecule has 22 heavy (non-hydrogen) atoms. The summed E-state index contributed by atoms with van der Waals surface area (Å²) < 4.78 is 0. The summed E-state index contributed by atoms with van der Waals surface area (Å²) in [6.45, 7) is 13.9. The third-order valence-corrected chi connectivity index (χ3v) is 3.34. The molecule has 1 N–H and O–H groups in total. The Morgan fingerprint density at radius 2 is 1.68 bits per heavy atom. The average Bonchev–Trinajstić information content (AvgIpc) is 2.59. The number of nitrogens with one attached hydrogen (secondary N) is 1. The van der Waals surface area contributed by atoms with Crippen LogP contribution in [0.2, 0.25) is 0 Å². The fraction of sp³-hybridized carbons (Fsp3) is 0.286. The molecule has 0 aliphatic carbocycles.